The van der Waals surface area contributed by atoms with Crippen LogP contribution in [0.5, 0.6) is 0 Å². The van der Waals surface area contributed by atoms with Gasteiger partial charge in [-0.3, -0.25) is 0 Å². The van der Waals surface area contributed by atoms with E-state index in [2.05, 4.69) is 16.7 Å². The van der Waals surface area contributed by atoms with E-state index in [-0.39, 0.29) is 11.4 Å². The van der Waals surface area contributed by atoms with Crippen LogP contribution in [0, 0.1) is 5.82 Å². The van der Waals surface area contributed by atoms with Gasteiger partial charge in [0.1, 0.15) is 5.82 Å². The summed E-state index contributed by atoms with van der Waals surface area (Å²) in [5.41, 5.74) is 6.66. The van der Waals surface area contributed by atoms with Crippen molar-refractivity contribution in [3.63, 3.8) is 0 Å². The van der Waals surface area contributed by atoms with Crippen molar-refractivity contribution in [1.82, 2.24) is 4.90 Å². The van der Waals surface area contributed by atoms with Crippen LogP contribution in [-0.2, 0) is 0 Å². The van der Waals surface area contributed by atoms with Crippen LogP contribution in [0.15, 0.2) is 24.3 Å². The Morgan fingerprint density at radius 2 is 2.05 bits per heavy atom. The number of anilines is 1. The monoisotopic (exact) mass is 293 g/mol. The summed E-state index contributed by atoms with van der Waals surface area (Å²) in [5, 5.41) is 0. The summed E-state index contributed by atoms with van der Waals surface area (Å²) in [6.07, 6.45) is 4.32. The molecule has 3 nitrogen and oxygen atoms in total. The molecule has 1 unspecified atom stereocenters. The minimum atomic E-state index is -0.164. The van der Waals surface area contributed by atoms with Gasteiger partial charge in [-0.05, 0) is 50.9 Å². The Morgan fingerprint density at radius 1 is 1.29 bits per heavy atom. The predicted octanol–water partition coefficient (Wildman–Crippen LogP) is 2.86. The molecule has 0 aliphatic carbocycles. The van der Waals surface area contributed by atoms with Crippen molar-refractivity contribution < 1.29 is 4.39 Å². The molecule has 1 heterocycles. The van der Waals surface area contributed by atoms with Gasteiger partial charge in [0.2, 0.25) is 0 Å². The van der Waals surface area contributed by atoms with Crippen LogP contribution in [0.25, 0.3) is 0 Å². The Bertz CT molecular complexity index is 451. The first-order valence-electron chi connectivity index (χ1n) is 8.04. The molecule has 1 fully saturated rings. The summed E-state index contributed by atoms with van der Waals surface area (Å²) < 4.78 is 14.1. The fourth-order valence-corrected chi connectivity index (χ4v) is 3.43. The van der Waals surface area contributed by atoms with E-state index >= 15 is 0 Å². The maximum Gasteiger partial charge on any atom is 0.146 e. The molecule has 0 saturated carbocycles. The molecular weight excluding hydrogens is 265 g/mol. The third-order valence-corrected chi connectivity index (χ3v) is 4.85. The average Bonchev–Trinajstić information content (AvgIpc) is 2.71. The molecule has 1 aliphatic heterocycles. The number of rotatable bonds is 5. The molecule has 1 aromatic carbocycles. The van der Waals surface area contributed by atoms with Crippen LogP contribution >= 0.6 is 0 Å². The molecule has 0 spiro atoms. The highest BCUT2D eigenvalue weighted by molar-refractivity contribution is 5.49. The third-order valence-electron chi connectivity index (χ3n) is 4.85. The van der Waals surface area contributed by atoms with E-state index in [4.69, 9.17) is 5.73 Å². The molecule has 1 atom stereocenters. The quantitative estimate of drug-likeness (QED) is 0.906. The summed E-state index contributed by atoms with van der Waals surface area (Å²) in [7, 11) is 1.99. The summed E-state index contributed by atoms with van der Waals surface area (Å²) in [5.74, 6) is -0.164. The lowest BCUT2D eigenvalue weighted by atomic mass is 9.88. The van der Waals surface area contributed by atoms with E-state index in [9.17, 15) is 4.39 Å². The topological polar surface area (TPSA) is 32.5 Å². The molecule has 1 aliphatic rings. The first-order chi connectivity index (χ1) is 10.1. The molecule has 1 aromatic rings. The fourth-order valence-electron chi connectivity index (χ4n) is 3.43. The number of para-hydroxylation sites is 1. The van der Waals surface area contributed by atoms with E-state index in [0.29, 0.717) is 12.2 Å². The van der Waals surface area contributed by atoms with Crippen molar-refractivity contribution in [3.05, 3.63) is 30.1 Å². The van der Waals surface area contributed by atoms with Crippen molar-refractivity contribution in [3.8, 4) is 0 Å². The number of nitrogens with zero attached hydrogens (tertiary/aromatic N) is 2. The SMILES string of the molecule is CCCN1CCCC(CN)(N(C)c2ccccc2F)CC1. The molecule has 2 N–H and O–H groups in total. The van der Waals surface area contributed by atoms with E-state index in [0.717, 1.165) is 38.9 Å². The summed E-state index contributed by atoms with van der Waals surface area (Å²) in [6.45, 7) is 6.10. The Labute approximate surface area is 127 Å². The van der Waals surface area contributed by atoms with Gasteiger partial charge >= 0.3 is 0 Å². The molecule has 21 heavy (non-hydrogen) atoms. The number of likely N-dealkylation sites (N-methyl/N-ethyl adjacent to an activating group) is 1. The van der Waals surface area contributed by atoms with E-state index in [1.807, 2.05) is 19.2 Å². The second-order valence-corrected chi connectivity index (χ2v) is 6.13. The number of likely N-dealkylation sites (tertiary alicyclic amines) is 1. The van der Waals surface area contributed by atoms with E-state index in [1.54, 1.807) is 6.07 Å². The molecule has 0 radical (unpaired) electrons. The highest BCUT2D eigenvalue weighted by atomic mass is 19.1. The van der Waals surface area contributed by atoms with Gasteiger partial charge in [0.25, 0.3) is 0 Å². The van der Waals surface area contributed by atoms with Gasteiger partial charge in [-0.1, -0.05) is 19.1 Å². The van der Waals surface area contributed by atoms with E-state index < -0.39 is 0 Å². The molecule has 1 saturated heterocycles. The summed E-state index contributed by atoms with van der Waals surface area (Å²) in [6, 6.07) is 6.99. The molecule has 2 rings (SSSR count). The Morgan fingerprint density at radius 3 is 2.71 bits per heavy atom. The zero-order valence-electron chi connectivity index (χ0n) is 13.3. The van der Waals surface area contributed by atoms with Crippen molar-refractivity contribution >= 4 is 5.69 Å². The number of benzene rings is 1. The van der Waals surface area contributed by atoms with Gasteiger partial charge in [0.05, 0.1) is 11.2 Å². The standard InChI is InChI=1S/C17H28FN3/c1-3-11-21-12-6-9-17(14-19,10-13-21)20(2)16-8-5-4-7-15(16)18/h4-5,7-8H,3,6,9-14,19H2,1-2H3. The van der Waals surface area contributed by atoms with Gasteiger partial charge in [-0.15, -0.1) is 0 Å². The first-order valence-corrected chi connectivity index (χ1v) is 8.04. The van der Waals surface area contributed by atoms with Crippen LogP contribution < -0.4 is 10.6 Å². The van der Waals surface area contributed by atoms with Gasteiger partial charge in [-0.2, -0.15) is 0 Å². The number of nitrogens with two attached hydrogens (primary N) is 1. The van der Waals surface area contributed by atoms with Crippen LogP contribution in [0.4, 0.5) is 10.1 Å². The summed E-state index contributed by atoms with van der Waals surface area (Å²) >= 11 is 0. The lowest BCUT2D eigenvalue weighted by Gasteiger charge is -2.42. The average molecular weight is 293 g/mol. The van der Waals surface area contributed by atoms with Crippen LogP contribution in [0.1, 0.15) is 32.6 Å². The summed E-state index contributed by atoms with van der Waals surface area (Å²) in [4.78, 5) is 4.59. The lowest BCUT2D eigenvalue weighted by molar-refractivity contribution is 0.274. The Balaban J connectivity index is 2.19. The minimum Gasteiger partial charge on any atom is -0.365 e. The smallest absolute Gasteiger partial charge is 0.146 e. The van der Waals surface area contributed by atoms with Gasteiger partial charge < -0.3 is 15.5 Å². The number of hydrogen-bond acceptors (Lipinski definition) is 3. The second kappa shape index (κ2) is 7.23. The maximum absolute atomic E-state index is 14.1. The number of hydrogen-bond donors (Lipinski definition) is 1. The van der Waals surface area contributed by atoms with Crippen molar-refractivity contribution in [2.75, 3.05) is 38.1 Å². The lowest BCUT2D eigenvalue weighted by Crippen LogP contribution is -2.53. The normalized spacial score (nSPS) is 23.8. The van der Waals surface area contributed by atoms with E-state index in [1.165, 1.54) is 12.5 Å². The molecule has 4 heteroatoms. The minimum absolute atomic E-state index is 0.134. The highest BCUT2D eigenvalue weighted by Gasteiger charge is 2.36. The van der Waals surface area contributed by atoms with Crippen molar-refractivity contribution in [2.45, 2.75) is 38.1 Å². The zero-order chi connectivity index (χ0) is 15.3. The Hall–Kier alpha value is -1.13. The second-order valence-electron chi connectivity index (χ2n) is 6.13. The van der Waals surface area contributed by atoms with Crippen LogP contribution in [-0.4, -0.2) is 43.7 Å². The Kier molecular flexibility index (Phi) is 5.59. The zero-order valence-corrected chi connectivity index (χ0v) is 13.3. The van der Waals surface area contributed by atoms with Crippen molar-refractivity contribution in [2.24, 2.45) is 5.73 Å². The van der Waals surface area contributed by atoms with Crippen LogP contribution in [0.2, 0.25) is 0 Å². The molecule has 0 bridgehead atoms. The largest absolute Gasteiger partial charge is 0.365 e. The maximum atomic E-state index is 14.1. The van der Waals surface area contributed by atoms with Crippen LogP contribution in [0.3, 0.4) is 0 Å². The number of halogens is 1. The first kappa shape index (κ1) is 16.2. The van der Waals surface area contributed by atoms with Gasteiger partial charge in [-0.25, -0.2) is 4.39 Å². The fraction of sp³-hybridized carbons (Fsp3) is 0.647. The predicted molar refractivity (Wildman–Crippen MR) is 87.2 cm³/mol. The molecular formula is C17H28FN3. The molecule has 0 aromatic heterocycles. The third kappa shape index (κ3) is 3.55. The highest BCUT2D eigenvalue weighted by Crippen LogP contribution is 2.32. The molecule has 118 valence electrons. The van der Waals surface area contributed by atoms with Gasteiger partial charge in [0, 0.05) is 20.1 Å². The molecule has 0 amide bonds. The van der Waals surface area contributed by atoms with Gasteiger partial charge in [0.15, 0.2) is 0 Å². The van der Waals surface area contributed by atoms with Crippen molar-refractivity contribution in [1.29, 1.82) is 0 Å².